The number of hydrogen-bond acceptors (Lipinski definition) is 7. The SMILES string of the molecule is Cc1csc(=O)n1CC(=O)OCC(=O)N(C)[C@@H](C)c1nc2ccccc2s1. The van der Waals surface area contributed by atoms with E-state index in [2.05, 4.69) is 4.98 Å². The molecule has 0 fully saturated rings. The van der Waals surface area contributed by atoms with Gasteiger partial charge in [0.25, 0.3) is 5.91 Å². The van der Waals surface area contributed by atoms with E-state index >= 15 is 0 Å². The number of carbonyl (C=O) groups is 2. The van der Waals surface area contributed by atoms with E-state index in [0.717, 1.165) is 26.6 Å². The molecule has 0 spiro atoms. The van der Waals surface area contributed by atoms with E-state index in [0.29, 0.717) is 5.69 Å². The van der Waals surface area contributed by atoms with Crippen molar-refractivity contribution in [1.82, 2.24) is 14.5 Å². The highest BCUT2D eigenvalue weighted by Crippen LogP contribution is 2.28. The second-order valence-corrected chi connectivity index (χ2v) is 7.97. The molecule has 0 unspecified atom stereocenters. The number of aromatic nitrogens is 2. The van der Waals surface area contributed by atoms with Crippen LogP contribution in [0.4, 0.5) is 0 Å². The lowest BCUT2D eigenvalue weighted by Gasteiger charge is -2.23. The summed E-state index contributed by atoms with van der Waals surface area (Å²) in [7, 11) is 1.65. The number of fused-ring (bicyclic) bond motifs is 1. The minimum Gasteiger partial charge on any atom is -0.454 e. The summed E-state index contributed by atoms with van der Waals surface area (Å²) in [6.07, 6.45) is 0. The summed E-state index contributed by atoms with van der Waals surface area (Å²) in [4.78, 5) is 41.8. The fourth-order valence-corrected chi connectivity index (χ4v) is 4.26. The largest absolute Gasteiger partial charge is 0.454 e. The molecule has 0 aliphatic carbocycles. The number of carbonyl (C=O) groups excluding carboxylic acids is 2. The van der Waals surface area contributed by atoms with Crippen LogP contribution in [0.3, 0.4) is 0 Å². The Balaban J connectivity index is 1.58. The normalized spacial score (nSPS) is 12.1. The average Bonchev–Trinajstić information content (AvgIpc) is 3.23. The van der Waals surface area contributed by atoms with Crippen LogP contribution in [0, 0.1) is 6.92 Å². The summed E-state index contributed by atoms with van der Waals surface area (Å²) in [5.41, 5.74) is 1.59. The number of esters is 1. The van der Waals surface area contributed by atoms with Crippen LogP contribution in [-0.2, 0) is 20.9 Å². The Kier molecular flexibility index (Phi) is 5.71. The van der Waals surface area contributed by atoms with Gasteiger partial charge in [0.1, 0.15) is 11.6 Å². The smallest absolute Gasteiger partial charge is 0.326 e. The predicted octanol–water partition coefficient (Wildman–Crippen LogP) is 2.59. The van der Waals surface area contributed by atoms with Gasteiger partial charge in [-0.2, -0.15) is 0 Å². The number of thiazole rings is 2. The number of para-hydroxylation sites is 1. The molecule has 0 saturated carbocycles. The lowest BCUT2D eigenvalue weighted by molar-refractivity contribution is -0.152. The fraction of sp³-hybridized carbons (Fsp3) is 0.333. The molecule has 7 nitrogen and oxygen atoms in total. The van der Waals surface area contributed by atoms with E-state index in [4.69, 9.17) is 4.74 Å². The molecule has 9 heteroatoms. The molecule has 27 heavy (non-hydrogen) atoms. The summed E-state index contributed by atoms with van der Waals surface area (Å²) in [5, 5.41) is 2.49. The first-order valence-corrected chi connectivity index (χ1v) is 9.98. The van der Waals surface area contributed by atoms with Crippen LogP contribution in [-0.4, -0.2) is 40.0 Å². The van der Waals surface area contributed by atoms with Crippen molar-refractivity contribution in [2.24, 2.45) is 0 Å². The Labute approximate surface area is 163 Å². The van der Waals surface area contributed by atoms with E-state index in [1.807, 2.05) is 31.2 Å². The minimum absolute atomic E-state index is 0.196. The summed E-state index contributed by atoms with van der Waals surface area (Å²) < 4.78 is 7.43. The van der Waals surface area contributed by atoms with Gasteiger partial charge in [-0.05, 0) is 26.0 Å². The molecule has 2 aromatic heterocycles. The molecule has 0 N–H and O–H groups in total. The maximum atomic E-state index is 12.4. The zero-order valence-corrected chi connectivity index (χ0v) is 16.8. The first-order valence-electron chi connectivity index (χ1n) is 8.28. The molecule has 0 bridgehead atoms. The van der Waals surface area contributed by atoms with Crippen molar-refractivity contribution in [3.05, 3.63) is 50.0 Å². The van der Waals surface area contributed by atoms with Crippen molar-refractivity contribution in [1.29, 1.82) is 0 Å². The monoisotopic (exact) mass is 405 g/mol. The minimum atomic E-state index is -0.618. The van der Waals surface area contributed by atoms with Gasteiger partial charge in [0, 0.05) is 18.1 Å². The first-order chi connectivity index (χ1) is 12.9. The number of benzene rings is 1. The second kappa shape index (κ2) is 8.01. The summed E-state index contributed by atoms with van der Waals surface area (Å²) in [6, 6.07) is 7.55. The highest BCUT2D eigenvalue weighted by Gasteiger charge is 2.22. The topological polar surface area (TPSA) is 81.5 Å². The Bertz CT molecular complexity index is 1000. The predicted molar refractivity (Wildman–Crippen MR) is 105 cm³/mol. The number of amides is 1. The zero-order chi connectivity index (χ0) is 19.6. The van der Waals surface area contributed by atoms with Crippen LogP contribution < -0.4 is 4.87 Å². The van der Waals surface area contributed by atoms with Crippen LogP contribution in [0.15, 0.2) is 34.4 Å². The van der Waals surface area contributed by atoms with Gasteiger partial charge in [0.15, 0.2) is 6.61 Å². The quantitative estimate of drug-likeness (QED) is 0.589. The van der Waals surface area contributed by atoms with Gasteiger partial charge in [0.05, 0.1) is 16.3 Å². The van der Waals surface area contributed by atoms with Crippen LogP contribution in [0.1, 0.15) is 23.7 Å². The third kappa shape index (κ3) is 4.25. The van der Waals surface area contributed by atoms with E-state index in [1.54, 1.807) is 19.4 Å². The molecule has 0 radical (unpaired) electrons. The van der Waals surface area contributed by atoms with Crippen molar-refractivity contribution in [3.8, 4) is 0 Å². The molecule has 0 saturated heterocycles. The molecule has 1 atom stereocenters. The molecule has 1 aromatic carbocycles. The standard InChI is InChI=1S/C18H19N3O4S2/c1-11-10-26-18(24)21(11)8-16(23)25-9-15(22)20(3)12(2)17-19-13-6-4-5-7-14(13)27-17/h4-7,10,12H,8-9H2,1-3H3/t12-/m0/s1. The van der Waals surface area contributed by atoms with Crippen LogP contribution >= 0.6 is 22.7 Å². The maximum Gasteiger partial charge on any atom is 0.326 e. The number of nitrogens with zero attached hydrogens (tertiary/aromatic N) is 3. The van der Waals surface area contributed by atoms with Crippen molar-refractivity contribution >= 4 is 44.8 Å². The summed E-state index contributed by atoms with van der Waals surface area (Å²) in [6.45, 7) is 3.05. The van der Waals surface area contributed by atoms with Gasteiger partial charge in [-0.1, -0.05) is 23.5 Å². The highest BCUT2D eigenvalue weighted by molar-refractivity contribution is 7.18. The van der Waals surface area contributed by atoms with Gasteiger partial charge in [-0.25, -0.2) is 4.98 Å². The number of ether oxygens (including phenoxy) is 1. The lowest BCUT2D eigenvalue weighted by Crippen LogP contribution is -2.34. The van der Waals surface area contributed by atoms with Crippen molar-refractivity contribution < 1.29 is 14.3 Å². The number of aryl methyl sites for hydroxylation is 1. The molecule has 0 aliphatic heterocycles. The van der Waals surface area contributed by atoms with Gasteiger partial charge in [-0.3, -0.25) is 19.0 Å². The molecule has 0 aliphatic rings. The van der Waals surface area contributed by atoms with E-state index in [9.17, 15) is 14.4 Å². The first kappa shape index (κ1) is 19.2. The van der Waals surface area contributed by atoms with Gasteiger partial charge in [0.2, 0.25) is 0 Å². The third-order valence-corrected chi connectivity index (χ3v) is 6.35. The molecule has 3 rings (SSSR count). The van der Waals surface area contributed by atoms with Crippen molar-refractivity contribution in [3.63, 3.8) is 0 Å². The Morgan fingerprint density at radius 2 is 2.07 bits per heavy atom. The van der Waals surface area contributed by atoms with E-state index in [-0.39, 0.29) is 30.0 Å². The average molecular weight is 406 g/mol. The van der Waals surface area contributed by atoms with Crippen LogP contribution in [0.25, 0.3) is 10.2 Å². The Morgan fingerprint density at radius 1 is 1.33 bits per heavy atom. The summed E-state index contributed by atoms with van der Waals surface area (Å²) in [5.74, 6) is -0.947. The van der Waals surface area contributed by atoms with E-state index in [1.165, 1.54) is 20.8 Å². The molecule has 3 aromatic rings. The summed E-state index contributed by atoms with van der Waals surface area (Å²) >= 11 is 2.56. The van der Waals surface area contributed by atoms with Crippen molar-refractivity contribution in [2.75, 3.05) is 13.7 Å². The molecular weight excluding hydrogens is 386 g/mol. The Morgan fingerprint density at radius 3 is 2.74 bits per heavy atom. The second-order valence-electron chi connectivity index (χ2n) is 6.09. The highest BCUT2D eigenvalue weighted by atomic mass is 32.1. The number of hydrogen-bond donors (Lipinski definition) is 0. The molecule has 142 valence electrons. The van der Waals surface area contributed by atoms with Crippen LogP contribution in [0.2, 0.25) is 0 Å². The lowest BCUT2D eigenvalue weighted by atomic mass is 10.3. The number of likely N-dealkylation sites (N-methyl/N-ethyl adjacent to an activating group) is 1. The molecule has 1 amide bonds. The van der Waals surface area contributed by atoms with Gasteiger partial charge in [-0.15, -0.1) is 11.3 Å². The zero-order valence-electron chi connectivity index (χ0n) is 15.2. The Hall–Kier alpha value is -2.52. The molecule has 2 heterocycles. The van der Waals surface area contributed by atoms with E-state index < -0.39 is 5.97 Å². The number of rotatable bonds is 6. The third-order valence-electron chi connectivity index (χ3n) is 4.26. The van der Waals surface area contributed by atoms with Gasteiger partial charge >= 0.3 is 10.8 Å². The van der Waals surface area contributed by atoms with Crippen molar-refractivity contribution in [2.45, 2.75) is 26.4 Å². The van der Waals surface area contributed by atoms with Gasteiger partial charge < -0.3 is 9.64 Å². The molecular formula is C18H19N3O4S2. The fourth-order valence-electron chi connectivity index (χ4n) is 2.47. The maximum absolute atomic E-state index is 12.4. The van der Waals surface area contributed by atoms with Crippen LogP contribution in [0.5, 0.6) is 0 Å².